The maximum Gasteiger partial charge on any atom is 0.0108 e. The molecular weight excluding hydrogens is 259 g/mol. The van der Waals surface area contributed by atoms with Gasteiger partial charge in [-0.2, -0.15) is 0 Å². The Labute approximate surface area is 96.6 Å². The molecule has 0 aromatic carbocycles. The zero-order valence-electron chi connectivity index (χ0n) is 7.76. The zero-order valence-corrected chi connectivity index (χ0v) is 11.0. The smallest absolute Gasteiger partial charge is 0.0108 e. The minimum Gasteiger partial charge on any atom is -0.130 e. The molecule has 0 aromatic heterocycles. The van der Waals surface area contributed by atoms with Gasteiger partial charge in [-0.3, -0.25) is 0 Å². The van der Waals surface area contributed by atoms with Crippen molar-refractivity contribution in [3.63, 3.8) is 0 Å². The molecule has 0 N–H and O–H groups in total. The molecule has 68 valence electrons. The molecular formula is C11H13ClZr. The van der Waals surface area contributed by atoms with Crippen molar-refractivity contribution in [2.24, 2.45) is 0 Å². The van der Waals surface area contributed by atoms with Gasteiger partial charge in [-0.25, -0.2) is 0 Å². The fourth-order valence-corrected chi connectivity index (χ4v) is 4.26. The molecule has 13 heavy (non-hydrogen) atoms. The first kappa shape index (κ1) is 11.2. The Kier molecular flexibility index (Phi) is 5.66. The largest absolute Gasteiger partial charge is 0.130 e. The van der Waals surface area contributed by atoms with Crippen molar-refractivity contribution in [3.8, 4) is 0 Å². The Hall–Kier alpha value is 0.133. The zero-order chi connectivity index (χ0) is 9.52. The van der Waals surface area contributed by atoms with Gasteiger partial charge in [0.05, 0.1) is 0 Å². The Morgan fingerprint density at radius 2 is 1.46 bits per heavy atom. The molecule has 0 amide bonds. The Morgan fingerprint density at radius 1 is 1.00 bits per heavy atom. The molecule has 0 fully saturated rings. The molecule has 0 radical (unpaired) electrons. The second kappa shape index (κ2) is 6.57. The third kappa shape index (κ3) is 3.79. The summed E-state index contributed by atoms with van der Waals surface area (Å²) in [5.74, 6) is 0. The van der Waals surface area contributed by atoms with E-state index in [0.717, 1.165) is 0 Å². The van der Waals surface area contributed by atoms with Crippen LogP contribution in [0.3, 0.4) is 0 Å². The van der Waals surface area contributed by atoms with Crippen LogP contribution in [0.25, 0.3) is 0 Å². The van der Waals surface area contributed by atoms with Crippen LogP contribution in [-0.4, -0.2) is 6.38 Å². The second-order valence-corrected chi connectivity index (χ2v) is 6.55. The van der Waals surface area contributed by atoms with E-state index in [0.29, 0.717) is 0 Å². The summed E-state index contributed by atoms with van der Waals surface area (Å²) in [5.41, 5.74) is 0. The maximum atomic E-state index is 4.64. The molecule has 0 atom stereocenters. The van der Waals surface area contributed by atoms with Crippen molar-refractivity contribution in [1.82, 2.24) is 0 Å². The molecule has 2 heteroatoms. The van der Waals surface area contributed by atoms with Crippen LogP contribution in [-0.2, 0) is 23.2 Å². The fourth-order valence-electron chi connectivity index (χ4n) is 1.29. The Balaban J connectivity index is 0.000000396. The van der Waals surface area contributed by atoms with Crippen LogP contribution >= 0.6 is 11.6 Å². The van der Waals surface area contributed by atoms with Gasteiger partial charge in [-0.15, -0.1) is 11.6 Å². The van der Waals surface area contributed by atoms with Crippen molar-refractivity contribution in [3.05, 3.63) is 43.0 Å². The van der Waals surface area contributed by atoms with Gasteiger partial charge in [0.15, 0.2) is 0 Å². The second-order valence-electron chi connectivity index (χ2n) is 2.77. The number of hydrogen-bond acceptors (Lipinski definition) is 0. The van der Waals surface area contributed by atoms with Gasteiger partial charge in [0.1, 0.15) is 0 Å². The van der Waals surface area contributed by atoms with Crippen LogP contribution in [0.4, 0.5) is 0 Å². The van der Waals surface area contributed by atoms with Gasteiger partial charge in [0, 0.05) is 6.38 Å². The number of alkyl halides is 1. The van der Waals surface area contributed by atoms with Crippen LogP contribution in [0.5, 0.6) is 0 Å². The molecule has 0 bridgehead atoms. The van der Waals surface area contributed by atoms with E-state index in [2.05, 4.69) is 48.1 Å². The van der Waals surface area contributed by atoms with Gasteiger partial charge in [0.2, 0.25) is 0 Å². The first-order valence-electron chi connectivity index (χ1n) is 4.31. The molecule has 0 unspecified atom stereocenters. The van der Waals surface area contributed by atoms with Crippen molar-refractivity contribution >= 4 is 11.6 Å². The summed E-state index contributed by atoms with van der Waals surface area (Å²) in [4.78, 5) is 0. The van der Waals surface area contributed by atoms with E-state index in [1.54, 1.807) is 6.56 Å². The van der Waals surface area contributed by atoms with E-state index < -0.39 is 0 Å². The van der Waals surface area contributed by atoms with E-state index in [1.807, 2.05) is 0 Å². The van der Waals surface area contributed by atoms with E-state index in [1.165, 1.54) is 19.2 Å². The van der Waals surface area contributed by atoms with Crippen molar-refractivity contribution in [2.45, 2.75) is 12.8 Å². The molecule has 2 rings (SSSR count). The SMILES string of the molecule is C1=CC[C]([Zr][C]2=CC=CC2)=C1.CCl. The quantitative estimate of drug-likeness (QED) is 0.673. The maximum absolute atomic E-state index is 4.64. The van der Waals surface area contributed by atoms with Crippen LogP contribution in [0.1, 0.15) is 12.8 Å². The minimum atomic E-state index is -0.312. The Bertz CT molecular complexity index is 244. The monoisotopic (exact) mass is 270 g/mol. The van der Waals surface area contributed by atoms with Crippen molar-refractivity contribution in [2.75, 3.05) is 6.38 Å². The topological polar surface area (TPSA) is 0 Å². The summed E-state index contributed by atoms with van der Waals surface area (Å²) in [6.45, 7) is 0. The van der Waals surface area contributed by atoms with E-state index in [-0.39, 0.29) is 23.2 Å². The van der Waals surface area contributed by atoms with E-state index in [9.17, 15) is 0 Å². The fraction of sp³-hybridized carbons (Fsp3) is 0.273. The van der Waals surface area contributed by atoms with Crippen LogP contribution in [0, 0.1) is 0 Å². The third-order valence-electron chi connectivity index (χ3n) is 1.86. The number of rotatable bonds is 2. The van der Waals surface area contributed by atoms with Crippen LogP contribution in [0.15, 0.2) is 43.0 Å². The van der Waals surface area contributed by atoms with Gasteiger partial charge in [-0.1, -0.05) is 0 Å². The van der Waals surface area contributed by atoms with Gasteiger partial charge >= 0.3 is 79.1 Å². The minimum absolute atomic E-state index is 0.312. The number of allylic oxidation sites excluding steroid dienone is 8. The molecule has 0 spiro atoms. The van der Waals surface area contributed by atoms with E-state index in [4.69, 9.17) is 0 Å². The first-order valence-corrected chi connectivity index (χ1v) is 7.53. The number of halogens is 1. The van der Waals surface area contributed by atoms with Crippen molar-refractivity contribution < 1.29 is 23.2 Å². The average molecular weight is 272 g/mol. The standard InChI is InChI=1S/2C5H5.CH3Cl.Zr/c2*1-2-4-5-3-1;1-2;/h2*1-3H,4H2;1H3;. The normalized spacial score (nSPS) is 17.7. The molecule has 0 aromatic rings. The average Bonchev–Trinajstić information content (AvgIpc) is 2.81. The van der Waals surface area contributed by atoms with Gasteiger partial charge in [0.25, 0.3) is 0 Å². The first-order chi connectivity index (χ1) is 6.45. The van der Waals surface area contributed by atoms with Crippen molar-refractivity contribution in [1.29, 1.82) is 0 Å². The van der Waals surface area contributed by atoms with Gasteiger partial charge < -0.3 is 0 Å². The molecule has 2 aliphatic rings. The predicted molar refractivity (Wildman–Crippen MR) is 55.5 cm³/mol. The summed E-state index contributed by atoms with van der Waals surface area (Å²) >= 11 is 4.33. The molecule has 2 aliphatic carbocycles. The summed E-state index contributed by atoms with van der Waals surface area (Å²) in [6, 6.07) is 0. The summed E-state index contributed by atoms with van der Waals surface area (Å²) < 4.78 is 3.45. The predicted octanol–water partition coefficient (Wildman–Crippen LogP) is 3.61. The van der Waals surface area contributed by atoms with Crippen LogP contribution in [0.2, 0.25) is 0 Å². The third-order valence-corrected chi connectivity index (χ3v) is 5.27. The molecule has 0 heterocycles. The molecule has 0 saturated heterocycles. The molecule has 0 saturated carbocycles. The summed E-state index contributed by atoms with van der Waals surface area (Å²) in [7, 11) is 0. The summed E-state index contributed by atoms with van der Waals surface area (Å²) in [6.07, 6.45) is 17.5. The summed E-state index contributed by atoms with van der Waals surface area (Å²) in [5, 5.41) is 0. The Morgan fingerprint density at radius 3 is 1.77 bits per heavy atom. The van der Waals surface area contributed by atoms with E-state index >= 15 is 0 Å². The molecule has 0 nitrogen and oxygen atoms in total. The van der Waals surface area contributed by atoms with Gasteiger partial charge in [-0.05, 0) is 0 Å². The number of hydrogen-bond donors (Lipinski definition) is 0. The molecule has 0 aliphatic heterocycles. The van der Waals surface area contributed by atoms with Crippen LogP contribution < -0.4 is 0 Å².